The molecular formula is C32H30N4OS. The van der Waals surface area contributed by atoms with Crippen LogP contribution < -0.4 is 4.90 Å². The van der Waals surface area contributed by atoms with Gasteiger partial charge in [-0.25, -0.2) is 0 Å². The van der Waals surface area contributed by atoms with Crippen LogP contribution in [0.25, 0.3) is 16.5 Å². The Bertz CT molecular complexity index is 1650. The Labute approximate surface area is 227 Å². The summed E-state index contributed by atoms with van der Waals surface area (Å²) in [4.78, 5) is 15.4. The van der Waals surface area contributed by atoms with Crippen molar-refractivity contribution in [3.63, 3.8) is 0 Å². The van der Waals surface area contributed by atoms with E-state index in [-0.39, 0.29) is 11.9 Å². The number of benzene rings is 4. The van der Waals surface area contributed by atoms with Gasteiger partial charge in [0.2, 0.25) is 5.91 Å². The highest BCUT2D eigenvalue weighted by atomic mass is 32.2. The first-order valence-electron chi connectivity index (χ1n) is 13.0. The van der Waals surface area contributed by atoms with E-state index >= 15 is 0 Å². The molecule has 6 heteroatoms. The number of nitrogens with zero attached hydrogens (tertiary/aromatic N) is 4. The second-order valence-corrected chi connectivity index (χ2v) is 11.0. The molecule has 0 fully saturated rings. The van der Waals surface area contributed by atoms with Crippen LogP contribution in [0.4, 0.5) is 5.69 Å². The molecule has 38 heavy (non-hydrogen) atoms. The van der Waals surface area contributed by atoms with Crippen molar-refractivity contribution in [2.75, 3.05) is 10.7 Å². The van der Waals surface area contributed by atoms with E-state index < -0.39 is 0 Å². The van der Waals surface area contributed by atoms with E-state index in [0.717, 1.165) is 34.3 Å². The van der Waals surface area contributed by atoms with Crippen LogP contribution in [0.5, 0.6) is 0 Å². The predicted molar refractivity (Wildman–Crippen MR) is 155 cm³/mol. The van der Waals surface area contributed by atoms with Gasteiger partial charge < -0.3 is 4.90 Å². The SMILES string of the molecule is Cc1ccc(-n2c(Cc3cccc4ccccc34)nnc2SCC(=O)N2c3ccccc3C[C@@H]2C)c(C)c1. The molecular weight excluding hydrogens is 488 g/mol. The lowest BCUT2D eigenvalue weighted by atomic mass is 10.0. The van der Waals surface area contributed by atoms with Crippen LogP contribution in [-0.4, -0.2) is 32.5 Å². The van der Waals surface area contributed by atoms with Crippen molar-refractivity contribution in [3.05, 3.63) is 113 Å². The van der Waals surface area contributed by atoms with Gasteiger partial charge in [-0.2, -0.15) is 0 Å². The highest BCUT2D eigenvalue weighted by Gasteiger charge is 2.31. The molecule has 0 saturated heterocycles. The number of aryl methyl sites for hydroxylation is 2. The van der Waals surface area contributed by atoms with Crippen LogP contribution in [-0.2, 0) is 17.6 Å². The van der Waals surface area contributed by atoms with E-state index in [0.29, 0.717) is 12.2 Å². The Morgan fingerprint density at radius 1 is 0.921 bits per heavy atom. The fourth-order valence-corrected chi connectivity index (χ4v) is 6.39. The summed E-state index contributed by atoms with van der Waals surface area (Å²) in [5, 5.41) is 12.4. The van der Waals surface area contributed by atoms with E-state index in [1.807, 2.05) is 23.1 Å². The molecule has 5 nitrogen and oxygen atoms in total. The second kappa shape index (κ2) is 10.1. The van der Waals surface area contributed by atoms with Crippen LogP contribution in [0.15, 0.2) is 90.1 Å². The number of hydrogen-bond acceptors (Lipinski definition) is 4. The highest BCUT2D eigenvalue weighted by Crippen LogP contribution is 2.33. The monoisotopic (exact) mass is 518 g/mol. The molecule has 1 atom stereocenters. The lowest BCUT2D eigenvalue weighted by Crippen LogP contribution is -2.37. The Morgan fingerprint density at radius 2 is 1.71 bits per heavy atom. The van der Waals surface area contributed by atoms with Crippen molar-refractivity contribution in [2.24, 2.45) is 0 Å². The number of rotatable bonds is 6. The van der Waals surface area contributed by atoms with Gasteiger partial charge in [-0.3, -0.25) is 9.36 Å². The second-order valence-electron chi connectivity index (χ2n) is 10.1. The minimum atomic E-state index is 0.0956. The van der Waals surface area contributed by atoms with E-state index in [1.54, 1.807) is 0 Å². The zero-order valence-corrected chi connectivity index (χ0v) is 22.7. The molecule has 1 amide bonds. The summed E-state index contributed by atoms with van der Waals surface area (Å²) < 4.78 is 2.13. The molecule has 0 aliphatic carbocycles. The molecule has 0 radical (unpaired) electrons. The van der Waals surface area contributed by atoms with Crippen LogP contribution in [0.2, 0.25) is 0 Å². The Kier molecular flexibility index (Phi) is 6.50. The molecule has 5 aromatic rings. The van der Waals surface area contributed by atoms with Gasteiger partial charge in [-0.1, -0.05) is 90.1 Å². The zero-order valence-electron chi connectivity index (χ0n) is 21.9. The summed E-state index contributed by atoms with van der Waals surface area (Å²) >= 11 is 1.46. The molecule has 0 unspecified atom stereocenters. The van der Waals surface area contributed by atoms with Gasteiger partial charge in [-0.05, 0) is 66.8 Å². The van der Waals surface area contributed by atoms with Gasteiger partial charge in [0, 0.05) is 18.2 Å². The minimum absolute atomic E-state index is 0.0956. The summed E-state index contributed by atoms with van der Waals surface area (Å²) in [7, 11) is 0. The Hall–Kier alpha value is -3.90. The van der Waals surface area contributed by atoms with Crippen molar-refractivity contribution in [1.82, 2.24) is 14.8 Å². The van der Waals surface area contributed by atoms with Gasteiger partial charge in [0.05, 0.1) is 11.4 Å². The van der Waals surface area contributed by atoms with Crippen LogP contribution >= 0.6 is 11.8 Å². The smallest absolute Gasteiger partial charge is 0.237 e. The molecule has 1 aliphatic heterocycles. The topological polar surface area (TPSA) is 51.0 Å². The number of thioether (sulfide) groups is 1. The van der Waals surface area contributed by atoms with Gasteiger partial charge in [0.25, 0.3) is 0 Å². The molecule has 1 aromatic heterocycles. The van der Waals surface area contributed by atoms with Gasteiger partial charge in [0.1, 0.15) is 5.82 Å². The predicted octanol–water partition coefficient (Wildman–Crippen LogP) is 6.70. The third-order valence-corrected chi connectivity index (χ3v) is 8.24. The number of hydrogen-bond donors (Lipinski definition) is 0. The summed E-state index contributed by atoms with van der Waals surface area (Å²) in [6, 6.07) is 29.6. The number of carbonyl (C=O) groups excluding carboxylic acids is 1. The molecule has 0 saturated carbocycles. The minimum Gasteiger partial charge on any atom is -0.308 e. The number of para-hydroxylation sites is 1. The maximum atomic E-state index is 13.4. The number of amides is 1. The van der Waals surface area contributed by atoms with E-state index in [4.69, 9.17) is 0 Å². The lowest BCUT2D eigenvalue weighted by Gasteiger charge is -2.22. The molecule has 0 spiro atoms. The van der Waals surface area contributed by atoms with Gasteiger partial charge in [0.15, 0.2) is 5.16 Å². The third kappa shape index (κ3) is 4.50. The number of anilines is 1. The maximum absolute atomic E-state index is 13.4. The first-order chi connectivity index (χ1) is 18.5. The molecule has 4 aromatic carbocycles. The third-order valence-electron chi connectivity index (χ3n) is 7.32. The molecule has 2 heterocycles. The summed E-state index contributed by atoms with van der Waals surface area (Å²) in [5.41, 5.74) is 6.87. The first-order valence-corrected chi connectivity index (χ1v) is 14.0. The lowest BCUT2D eigenvalue weighted by molar-refractivity contribution is -0.116. The standard InChI is InChI=1S/C32H30N4OS/c1-21-15-16-28(22(2)17-21)36-30(19-25-12-8-11-24-9-4-6-13-27(24)25)33-34-32(36)38-20-31(37)35-23(3)18-26-10-5-7-14-29(26)35/h4-17,23H,18-20H2,1-3H3/t23-/m0/s1. The average Bonchev–Trinajstić information content (AvgIpc) is 3.47. The molecule has 0 N–H and O–H groups in total. The zero-order chi connectivity index (χ0) is 26.2. The number of fused-ring (bicyclic) bond motifs is 2. The maximum Gasteiger partial charge on any atom is 0.237 e. The van der Waals surface area contributed by atoms with Crippen molar-refractivity contribution < 1.29 is 4.79 Å². The molecule has 6 rings (SSSR count). The average molecular weight is 519 g/mol. The van der Waals surface area contributed by atoms with Crippen molar-refractivity contribution in [1.29, 1.82) is 0 Å². The Morgan fingerprint density at radius 3 is 2.58 bits per heavy atom. The largest absolute Gasteiger partial charge is 0.308 e. The fraction of sp³-hybridized carbons (Fsp3) is 0.219. The molecule has 0 bridgehead atoms. The van der Waals surface area contributed by atoms with E-state index in [2.05, 4.69) is 102 Å². The normalized spacial score (nSPS) is 14.7. The first kappa shape index (κ1) is 24.4. The Balaban J connectivity index is 1.34. The van der Waals surface area contributed by atoms with E-state index in [1.165, 1.54) is 39.2 Å². The van der Waals surface area contributed by atoms with Gasteiger partial charge >= 0.3 is 0 Å². The summed E-state index contributed by atoms with van der Waals surface area (Å²) in [6.07, 6.45) is 1.53. The van der Waals surface area contributed by atoms with Crippen molar-refractivity contribution >= 4 is 34.1 Å². The fourth-order valence-electron chi connectivity index (χ4n) is 5.56. The molecule has 1 aliphatic rings. The number of carbonyl (C=O) groups is 1. The van der Waals surface area contributed by atoms with Gasteiger partial charge in [-0.15, -0.1) is 10.2 Å². The summed E-state index contributed by atoms with van der Waals surface area (Å²) in [5.74, 6) is 1.26. The molecule has 190 valence electrons. The van der Waals surface area contributed by atoms with Crippen LogP contribution in [0.1, 0.15) is 35.0 Å². The highest BCUT2D eigenvalue weighted by molar-refractivity contribution is 7.99. The van der Waals surface area contributed by atoms with Crippen molar-refractivity contribution in [2.45, 2.75) is 44.8 Å². The van der Waals surface area contributed by atoms with Crippen LogP contribution in [0.3, 0.4) is 0 Å². The van der Waals surface area contributed by atoms with E-state index in [9.17, 15) is 4.79 Å². The van der Waals surface area contributed by atoms with Crippen molar-refractivity contribution in [3.8, 4) is 5.69 Å². The number of aromatic nitrogens is 3. The summed E-state index contributed by atoms with van der Waals surface area (Å²) in [6.45, 7) is 6.33. The quantitative estimate of drug-likeness (QED) is 0.235. The van der Waals surface area contributed by atoms with Crippen LogP contribution in [0, 0.1) is 13.8 Å².